The highest BCUT2D eigenvalue weighted by Crippen LogP contribution is 2.29. The molecule has 2 fully saturated rings. The lowest BCUT2D eigenvalue weighted by Gasteiger charge is -2.33. The molecule has 6 aromatic rings. The van der Waals surface area contributed by atoms with Gasteiger partial charge in [0.2, 0.25) is 20.0 Å². The van der Waals surface area contributed by atoms with Crippen LogP contribution in [0.15, 0.2) is 93.3 Å². The Hall–Kier alpha value is -4.14. The minimum atomic E-state index is -4.04. The van der Waals surface area contributed by atoms with E-state index in [2.05, 4.69) is 37.0 Å². The van der Waals surface area contributed by atoms with Crippen molar-refractivity contribution in [3.63, 3.8) is 0 Å². The Balaban J connectivity index is 0.000000186. The van der Waals surface area contributed by atoms with Gasteiger partial charge in [-0.15, -0.1) is 22.7 Å². The normalized spacial score (nSPS) is 15.4. The molecule has 0 spiro atoms. The zero-order valence-electron chi connectivity index (χ0n) is 33.4. The smallest absolute Gasteiger partial charge is 0.246 e. The number of aromatic nitrogens is 2. The van der Waals surface area contributed by atoms with E-state index in [1.54, 1.807) is 6.07 Å². The van der Waals surface area contributed by atoms with Gasteiger partial charge in [0.25, 0.3) is 0 Å². The minimum Gasteiger partial charge on any atom is -0.345 e. The van der Waals surface area contributed by atoms with Crippen LogP contribution in [0.3, 0.4) is 0 Å². The molecule has 2 aromatic heterocycles. The number of rotatable bonds is 10. The fourth-order valence-corrected chi connectivity index (χ4v) is 12.5. The molecule has 62 heavy (non-hydrogen) atoms. The Bertz CT molecular complexity index is 2570. The summed E-state index contributed by atoms with van der Waals surface area (Å²) >= 11 is 15.1. The maximum atomic E-state index is 14.0. The zero-order valence-corrected chi connectivity index (χ0v) is 38.1. The average molecular weight is 968 g/mol. The van der Waals surface area contributed by atoms with E-state index in [1.165, 1.54) is 48.0 Å². The van der Waals surface area contributed by atoms with Gasteiger partial charge in [0, 0.05) is 98.1 Å². The summed E-state index contributed by atoms with van der Waals surface area (Å²) in [4.78, 5) is 12.4. The molecule has 0 N–H and O–H groups in total. The first-order chi connectivity index (χ1) is 29.4. The van der Waals surface area contributed by atoms with Crippen molar-refractivity contribution in [1.82, 2.24) is 18.6 Å². The lowest BCUT2D eigenvalue weighted by atomic mass is 10.0. The second kappa shape index (κ2) is 19.3. The molecule has 4 aromatic carbocycles. The van der Waals surface area contributed by atoms with Crippen molar-refractivity contribution < 1.29 is 34.4 Å². The first-order valence-electron chi connectivity index (χ1n) is 19.3. The number of benzene rings is 4. The average Bonchev–Trinajstić information content (AvgIpc) is 3.87. The first-order valence-corrected chi connectivity index (χ1v) is 24.7. The van der Waals surface area contributed by atoms with Crippen molar-refractivity contribution in [2.45, 2.75) is 36.5 Å². The fraction of sp³-hybridized carbons (Fsp3) is 0.286. The summed E-state index contributed by atoms with van der Waals surface area (Å²) < 4.78 is 108. The second-order valence-electron chi connectivity index (χ2n) is 14.8. The van der Waals surface area contributed by atoms with Crippen molar-refractivity contribution in [2.75, 3.05) is 62.2 Å². The maximum Gasteiger partial charge on any atom is 0.246 e. The molecule has 0 unspecified atom stereocenters. The van der Waals surface area contributed by atoms with Crippen molar-refractivity contribution in [2.24, 2.45) is 0 Å². The van der Waals surface area contributed by atoms with Gasteiger partial charge in [-0.05, 0) is 67.4 Å². The zero-order chi connectivity index (χ0) is 44.3. The van der Waals surface area contributed by atoms with Crippen molar-refractivity contribution in [1.29, 1.82) is 0 Å². The van der Waals surface area contributed by atoms with E-state index in [1.807, 2.05) is 32.7 Å². The Labute approximate surface area is 376 Å². The van der Waals surface area contributed by atoms with E-state index in [0.29, 0.717) is 54.8 Å². The first kappa shape index (κ1) is 45.9. The number of piperazine rings is 2. The summed E-state index contributed by atoms with van der Waals surface area (Å²) in [6, 6.07) is 16.8. The number of halogens is 6. The van der Waals surface area contributed by atoms with Crippen LogP contribution in [-0.4, -0.2) is 87.8 Å². The van der Waals surface area contributed by atoms with Crippen LogP contribution in [0.5, 0.6) is 0 Å². The van der Waals surface area contributed by atoms with Gasteiger partial charge in [-0.1, -0.05) is 52.5 Å². The fourth-order valence-electron chi connectivity index (χ4n) is 7.23. The molecule has 328 valence electrons. The monoisotopic (exact) mass is 966 g/mol. The molecule has 0 amide bonds. The van der Waals surface area contributed by atoms with Gasteiger partial charge in [-0.3, -0.25) is 0 Å². The van der Waals surface area contributed by atoms with E-state index in [-0.39, 0.29) is 26.2 Å². The van der Waals surface area contributed by atoms with Crippen LogP contribution >= 0.6 is 45.9 Å². The summed E-state index contributed by atoms with van der Waals surface area (Å²) in [7, 11) is -8.05. The maximum absolute atomic E-state index is 14.0. The summed E-state index contributed by atoms with van der Waals surface area (Å²) in [6.07, 6.45) is 1.33. The molecule has 10 nitrogen and oxygen atoms in total. The lowest BCUT2D eigenvalue weighted by Crippen LogP contribution is -2.48. The predicted octanol–water partition coefficient (Wildman–Crippen LogP) is 8.97. The van der Waals surface area contributed by atoms with Crippen LogP contribution in [0.2, 0.25) is 10.0 Å². The number of hydrogen-bond donors (Lipinski definition) is 0. The van der Waals surface area contributed by atoms with Crippen LogP contribution in [0.1, 0.15) is 33.6 Å². The van der Waals surface area contributed by atoms with Gasteiger partial charge in [0.15, 0.2) is 10.3 Å². The predicted molar refractivity (Wildman–Crippen MR) is 237 cm³/mol. The number of aryl methyl sites for hydroxylation is 2. The van der Waals surface area contributed by atoms with Gasteiger partial charge < -0.3 is 9.80 Å². The molecule has 0 radical (unpaired) electrons. The van der Waals surface area contributed by atoms with E-state index < -0.39 is 53.1 Å². The van der Waals surface area contributed by atoms with Gasteiger partial charge in [-0.2, -0.15) is 8.61 Å². The molecule has 2 aliphatic rings. The molecule has 4 heterocycles. The largest absolute Gasteiger partial charge is 0.345 e. The lowest BCUT2D eigenvalue weighted by molar-refractivity contribution is 0.381. The van der Waals surface area contributed by atoms with Gasteiger partial charge in [0.05, 0.1) is 11.4 Å². The summed E-state index contributed by atoms with van der Waals surface area (Å²) in [6.45, 7) is 6.68. The van der Waals surface area contributed by atoms with Crippen molar-refractivity contribution >= 4 is 76.2 Å². The molecule has 2 aliphatic heterocycles. The van der Waals surface area contributed by atoms with Crippen LogP contribution in [0.25, 0.3) is 0 Å². The van der Waals surface area contributed by atoms with E-state index in [9.17, 15) is 34.4 Å². The topological polar surface area (TPSA) is 107 Å². The quantitative estimate of drug-likeness (QED) is 0.125. The van der Waals surface area contributed by atoms with Crippen molar-refractivity contribution in [3.8, 4) is 0 Å². The van der Waals surface area contributed by atoms with E-state index in [4.69, 9.17) is 28.2 Å². The van der Waals surface area contributed by atoms with Crippen LogP contribution < -0.4 is 9.80 Å². The van der Waals surface area contributed by atoms with Crippen LogP contribution in [0.4, 0.5) is 27.8 Å². The Morgan fingerprint density at radius 1 is 0.548 bits per heavy atom. The number of nitrogens with zero attached hydrogens (tertiary/aromatic N) is 6. The highest BCUT2D eigenvalue weighted by molar-refractivity contribution is 7.89. The molecule has 0 bridgehead atoms. The number of thiazole rings is 2. The Morgan fingerprint density at radius 3 is 1.32 bits per heavy atom. The van der Waals surface area contributed by atoms with E-state index >= 15 is 0 Å². The van der Waals surface area contributed by atoms with Crippen molar-refractivity contribution in [3.05, 3.63) is 151 Å². The third-order valence-electron chi connectivity index (χ3n) is 10.1. The van der Waals surface area contributed by atoms with Gasteiger partial charge in [-0.25, -0.2) is 44.4 Å². The SMILES string of the molecule is Cc1cc(C)cc(Cc2csc(N3CCN(S(=O)(=O)c4ccc(F)cc4F)CC3)n2)c1.O=S(=O)(c1ccc(F)cc1F)N1CCN(c2nc(Cc3cc(Cl)cc(Cl)c3)cs2)CC1. The van der Waals surface area contributed by atoms with E-state index in [0.717, 1.165) is 57.9 Å². The molecule has 0 aliphatic carbocycles. The van der Waals surface area contributed by atoms with Gasteiger partial charge >= 0.3 is 0 Å². The number of anilines is 2. The highest BCUT2D eigenvalue weighted by Gasteiger charge is 2.33. The van der Waals surface area contributed by atoms with Crippen LogP contribution in [0, 0.1) is 37.1 Å². The van der Waals surface area contributed by atoms with Gasteiger partial charge in [0.1, 0.15) is 33.1 Å². The number of hydrogen-bond acceptors (Lipinski definition) is 10. The summed E-state index contributed by atoms with van der Waals surface area (Å²) in [5.74, 6) is -3.78. The Kier molecular flexibility index (Phi) is 14.3. The molecule has 20 heteroatoms. The minimum absolute atomic E-state index is 0.179. The molecule has 0 saturated carbocycles. The summed E-state index contributed by atoms with van der Waals surface area (Å²) in [5, 5.41) is 6.74. The molecule has 8 rings (SSSR count). The molecule has 2 saturated heterocycles. The summed E-state index contributed by atoms with van der Waals surface area (Å²) in [5.41, 5.74) is 6.45. The third kappa shape index (κ3) is 11.0. The second-order valence-corrected chi connectivity index (χ2v) is 21.2. The Morgan fingerprint density at radius 2 is 0.935 bits per heavy atom. The van der Waals surface area contributed by atoms with Crippen LogP contribution in [-0.2, 0) is 32.9 Å². The highest BCUT2D eigenvalue weighted by atomic mass is 35.5. The third-order valence-corrected chi connectivity index (χ3v) is 16.3. The molecular formula is C42H40Cl2F4N6O4S4. The molecule has 0 atom stereocenters. The number of sulfonamides is 2. The molecular weight excluding hydrogens is 928 g/mol. The standard InChI is InChI=1S/C22H23F2N3O2S2.C20H17Cl2F2N3O2S2/c1-15-9-16(2)11-17(10-15)12-19-14-30-22(25-19)26-5-7-27(8-6-26)31(28,29)21-4-3-18(23)13-20(21)24;21-14-7-13(8-15(22)10-14)9-17-12-30-20(25-17)26-3-5-27(6-4-26)31(28,29)19-2-1-16(23)11-18(19)24/h3-4,9-11,13-14H,5-8,12H2,1-2H3;1-2,7-8,10-12H,3-6,9H2.